The molecule has 0 aliphatic carbocycles. The quantitative estimate of drug-likeness (QED) is 0.908. The molecule has 1 aromatic carbocycles. The van der Waals surface area contributed by atoms with Crippen LogP contribution in [0.5, 0.6) is 0 Å². The van der Waals surface area contributed by atoms with Gasteiger partial charge in [0.1, 0.15) is 23.5 Å². The highest BCUT2D eigenvalue weighted by Crippen LogP contribution is 2.27. The second-order valence-corrected chi connectivity index (χ2v) is 3.98. The van der Waals surface area contributed by atoms with Crippen molar-refractivity contribution in [3.8, 4) is 11.5 Å². The number of nitrogens with one attached hydrogen (secondary N) is 1. The summed E-state index contributed by atoms with van der Waals surface area (Å²) >= 11 is 0. The first-order valence-corrected chi connectivity index (χ1v) is 5.73. The van der Waals surface area contributed by atoms with E-state index in [-0.39, 0.29) is 11.5 Å². The van der Waals surface area contributed by atoms with Crippen molar-refractivity contribution in [1.29, 1.82) is 0 Å². The van der Waals surface area contributed by atoms with E-state index in [1.807, 2.05) is 6.92 Å². The minimum absolute atomic E-state index is 0.0263. The number of aromatic nitrogens is 1. The van der Waals surface area contributed by atoms with Crippen LogP contribution in [0, 0.1) is 18.6 Å². The van der Waals surface area contributed by atoms with E-state index in [1.54, 1.807) is 6.92 Å². The lowest BCUT2D eigenvalue weighted by atomic mass is 10.1. The summed E-state index contributed by atoms with van der Waals surface area (Å²) in [6, 6.07) is 2.60. The molecule has 5 heteroatoms. The van der Waals surface area contributed by atoms with E-state index < -0.39 is 11.6 Å². The number of hydrogen-bond acceptors (Lipinski definition) is 3. The number of aryl methyl sites for hydroxylation is 1. The summed E-state index contributed by atoms with van der Waals surface area (Å²) in [5.74, 6) is -1.33. The van der Waals surface area contributed by atoms with Crippen molar-refractivity contribution in [2.75, 3.05) is 6.54 Å². The predicted octanol–water partition coefficient (Wildman–Crippen LogP) is 3.04. The van der Waals surface area contributed by atoms with E-state index in [0.717, 1.165) is 6.54 Å². The number of nitrogens with zero attached hydrogens (tertiary/aromatic N) is 1. The maximum Gasteiger partial charge on any atom is 0.232 e. The molecule has 2 rings (SSSR count). The molecule has 0 bridgehead atoms. The van der Waals surface area contributed by atoms with Crippen LogP contribution in [0.25, 0.3) is 11.5 Å². The van der Waals surface area contributed by atoms with Gasteiger partial charge in [0, 0.05) is 6.54 Å². The molecule has 0 aliphatic heterocycles. The Morgan fingerprint density at radius 1 is 1.33 bits per heavy atom. The molecule has 1 N–H and O–H groups in total. The van der Waals surface area contributed by atoms with E-state index in [2.05, 4.69) is 10.3 Å². The van der Waals surface area contributed by atoms with Crippen molar-refractivity contribution in [1.82, 2.24) is 10.3 Å². The lowest BCUT2D eigenvalue weighted by Crippen LogP contribution is -2.11. The summed E-state index contributed by atoms with van der Waals surface area (Å²) in [4.78, 5) is 4.07. The van der Waals surface area contributed by atoms with Crippen LogP contribution >= 0.6 is 0 Å². The lowest BCUT2D eigenvalue weighted by Gasteiger charge is -2.03. The first-order chi connectivity index (χ1) is 8.63. The third-order valence-corrected chi connectivity index (χ3v) is 2.61. The highest BCUT2D eigenvalue weighted by atomic mass is 19.1. The number of rotatable bonds is 4. The fourth-order valence-corrected chi connectivity index (χ4v) is 1.61. The highest BCUT2D eigenvalue weighted by molar-refractivity contribution is 5.56. The van der Waals surface area contributed by atoms with Crippen LogP contribution in [0.3, 0.4) is 0 Å². The van der Waals surface area contributed by atoms with Gasteiger partial charge in [0.25, 0.3) is 0 Å². The van der Waals surface area contributed by atoms with Gasteiger partial charge in [0.05, 0.1) is 5.69 Å². The second-order valence-electron chi connectivity index (χ2n) is 3.98. The third kappa shape index (κ3) is 2.41. The Morgan fingerprint density at radius 2 is 2.11 bits per heavy atom. The van der Waals surface area contributed by atoms with Gasteiger partial charge in [0.15, 0.2) is 0 Å². The smallest absolute Gasteiger partial charge is 0.232 e. The van der Waals surface area contributed by atoms with E-state index in [9.17, 15) is 8.78 Å². The summed E-state index contributed by atoms with van der Waals surface area (Å²) in [6.45, 7) is 4.83. The van der Waals surface area contributed by atoms with Crippen LogP contribution in [0.2, 0.25) is 0 Å². The molecule has 18 heavy (non-hydrogen) atoms. The third-order valence-electron chi connectivity index (χ3n) is 2.61. The first-order valence-electron chi connectivity index (χ1n) is 5.73. The van der Waals surface area contributed by atoms with Crippen molar-refractivity contribution in [2.24, 2.45) is 0 Å². The molecular weight excluding hydrogens is 238 g/mol. The normalized spacial score (nSPS) is 10.9. The van der Waals surface area contributed by atoms with E-state index >= 15 is 0 Å². The SMILES string of the molecule is CCNCc1coc(-c2c(F)ccc(C)c2F)n1. The van der Waals surface area contributed by atoms with Crippen LogP contribution in [-0.2, 0) is 6.54 Å². The summed E-state index contributed by atoms with van der Waals surface area (Å²) in [5.41, 5.74) is 0.766. The summed E-state index contributed by atoms with van der Waals surface area (Å²) in [6.07, 6.45) is 1.40. The van der Waals surface area contributed by atoms with Gasteiger partial charge in [-0.3, -0.25) is 0 Å². The zero-order chi connectivity index (χ0) is 13.1. The Morgan fingerprint density at radius 3 is 2.83 bits per heavy atom. The fourth-order valence-electron chi connectivity index (χ4n) is 1.61. The molecule has 0 saturated heterocycles. The van der Waals surface area contributed by atoms with Crippen molar-refractivity contribution in [3.63, 3.8) is 0 Å². The molecule has 0 aliphatic rings. The maximum atomic E-state index is 13.9. The van der Waals surface area contributed by atoms with Gasteiger partial charge in [-0.25, -0.2) is 13.8 Å². The molecule has 1 heterocycles. The number of hydrogen-bond donors (Lipinski definition) is 1. The summed E-state index contributed by atoms with van der Waals surface area (Å²) in [5, 5.41) is 3.06. The minimum atomic E-state index is -0.671. The monoisotopic (exact) mass is 252 g/mol. The molecule has 0 radical (unpaired) electrons. The molecule has 96 valence electrons. The standard InChI is InChI=1S/C13H14F2N2O/c1-3-16-6-9-7-18-13(17-9)11-10(14)5-4-8(2)12(11)15/h4-5,7,16H,3,6H2,1-2H3. The van der Waals surface area contributed by atoms with E-state index in [4.69, 9.17) is 4.42 Å². The van der Waals surface area contributed by atoms with Crippen LogP contribution in [0.4, 0.5) is 8.78 Å². The van der Waals surface area contributed by atoms with Gasteiger partial charge < -0.3 is 9.73 Å². The largest absolute Gasteiger partial charge is 0.444 e. The Balaban J connectivity index is 2.37. The van der Waals surface area contributed by atoms with Crippen LogP contribution in [-0.4, -0.2) is 11.5 Å². The van der Waals surface area contributed by atoms with Gasteiger partial charge in [-0.1, -0.05) is 13.0 Å². The number of benzene rings is 1. The molecule has 1 aromatic heterocycles. The summed E-state index contributed by atoms with van der Waals surface area (Å²) < 4.78 is 32.6. The topological polar surface area (TPSA) is 38.1 Å². The molecule has 2 aromatic rings. The predicted molar refractivity (Wildman–Crippen MR) is 64.0 cm³/mol. The first kappa shape index (κ1) is 12.7. The van der Waals surface area contributed by atoms with Crippen molar-refractivity contribution in [2.45, 2.75) is 20.4 Å². The van der Waals surface area contributed by atoms with Crippen LogP contribution in [0.1, 0.15) is 18.2 Å². The average Bonchev–Trinajstić information content (AvgIpc) is 2.80. The number of halogens is 2. The van der Waals surface area contributed by atoms with Gasteiger partial charge in [-0.2, -0.15) is 0 Å². The van der Waals surface area contributed by atoms with Crippen LogP contribution in [0.15, 0.2) is 22.8 Å². The maximum absolute atomic E-state index is 13.9. The zero-order valence-electron chi connectivity index (χ0n) is 10.3. The molecule has 0 atom stereocenters. The molecule has 0 amide bonds. The molecule has 3 nitrogen and oxygen atoms in total. The van der Waals surface area contributed by atoms with Crippen molar-refractivity contribution < 1.29 is 13.2 Å². The Bertz CT molecular complexity index is 552. The lowest BCUT2D eigenvalue weighted by molar-refractivity contribution is 0.538. The van der Waals surface area contributed by atoms with Gasteiger partial charge >= 0.3 is 0 Å². The van der Waals surface area contributed by atoms with E-state index in [1.165, 1.54) is 18.4 Å². The number of oxazole rings is 1. The van der Waals surface area contributed by atoms with E-state index in [0.29, 0.717) is 17.8 Å². The molecule has 0 unspecified atom stereocenters. The van der Waals surface area contributed by atoms with Gasteiger partial charge in [0.2, 0.25) is 5.89 Å². The van der Waals surface area contributed by atoms with Gasteiger partial charge in [-0.15, -0.1) is 0 Å². The summed E-state index contributed by atoms with van der Waals surface area (Å²) in [7, 11) is 0. The molecule has 0 fully saturated rings. The average molecular weight is 252 g/mol. The van der Waals surface area contributed by atoms with Crippen molar-refractivity contribution >= 4 is 0 Å². The fraction of sp³-hybridized carbons (Fsp3) is 0.308. The van der Waals surface area contributed by atoms with Crippen molar-refractivity contribution in [3.05, 3.63) is 41.3 Å². The Labute approximate surface area is 104 Å². The molecule has 0 saturated carbocycles. The second kappa shape index (κ2) is 5.27. The minimum Gasteiger partial charge on any atom is -0.444 e. The van der Waals surface area contributed by atoms with Crippen LogP contribution < -0.4 is 5.32 Å². The molecular formula is C13H14F2N2O. The Hall–Kier alpha value is -1.75. The zero-order valence-corrected chi connectivity index (χ0v) is 10.3. The highest BCUT2D eigenvalue weighted by Gasteiger charge is 2.18. The van der Waals surface area contributed by atoms with Gasteiger partial charge in [-0.05, 0) is 25.1 Å². The molecule has 0 spiro atoms. The Kier molecular flexibility index (Phi) is 3.72.